The van der Waals surface area contributed by atoms with E-state index in [0.29, 0.717) is 6.04 Å². The highest BCUT2D eigenvalue weighted by Gasteiger charge is 2.20. The van der Waals surface area contributed by atoms with Gasteiger partial charge in [0.05, 0.1) is 0 Å². The Kier molecular flexibility index (Phi) is 5.50. The van der Waals surface area contributed by atoms with E-state index in [1.807, 2.05) is 6.92 Å². The van der Waals surface area contributed by atoms with Crippen LogP contribution in [-0.2, 0) is 6.54 Å². The SMILES string of the molecule is Cc1cc(C[NH2+][C@H](C)[C@H](O)c2ccc(O)cc2)c(C)n1C(C)C. The Balaban J connectivity index is 2.03. The summed E-state index contributed by atoms with van der Waals surface area (Å²) in [7, 11) is 0. The van der Waals surface area contributed by atoms with Crippen LogP contribution >= 0.6 is 0 Å². The second-order valence-corrected chi connectivity index (χ2v) is 6.70. The Labute approximate surface area is 138 Å². The molecule has 1 aromatic carbocycles. The number of aliphatic hydroxyl groups is 1. The molecule has 0 aliphatic carbocycles. The molecule has 23 heavy (non-hydrogen) atoms. The molecule has 2 rings (SSSR count). The third kappa shape index (κ3) is 3.95. The lowest BCUT2D eigenvalue weighted by atomic mass is 10.0. The summed E-state index contributed by atoms with van der Waals surface area (Å²) in [4.78, 5) is 0. The van der Waals surface area contributed by atoms with E-state index in [9.17, 15) is 10.2 Å². The number of benzene rings is 1. The number of hydrogen-bond donors (Lipinski definition) is 3. The summed E-state index contributed by atoms with van der Waals surface area (Å²) in [5.74, 6) is 0.221. The third-order valence-corrected chi connectivity index (χ3v) is 4.55. The smallest absolute Gasteiger partial charge is 0.130 e. The van der Waals surface area contributed by atoms with Crippen LogP contribution in [0.1, 0.15) is 55.4 Å². The van der Waals surface area contributed by atoms with Crippen molar-refractivity contribution in [3.8, 4) is 5.75 Å². The number of aryl methyl sites for hydroxylation is 1. The van der Waals surface area contributed by atoms with Crippen LogP contribution in [0.15, 0.2) is 30.3 Å². The number of aromatic nitrogens is 1. The van der Waals surface area contributed by atoms with E-state index >= 15 is 0 Å². The summed E-state index contributed by atoms with van der Waals surface area (Å²) in [6.07, 6.45) is -0.552. The van der Waals surface area contributed by atoms with Gasteiger partial charge >= 0.3 is 0 Å². The molecule has 0 spiro atoms. The Morgan fingerprint density at radius 3 is 2.22 bits per heavy atom. The fourth-order valence-corrected chi connectivity index (χ4v) is 3.26. The lowest BCUT2D eigenvalue weighted by Gasteiger charge is -2.18. The van der Waals surface area contributed by atoms with Gasteiger partial charge in [0.2, 0.25) is 0 Å². The highest BCUT2D eigenvalue weighted by molar-refractivity contribution is 5.28. The van der Waals surface area contributed by atoms with Gasteiger partial charge in [-0.3, -0.25) is 0 Å². The monoisotopic (exact) mass is 317 g/mol. The van der Waals surface area contributed by atoms with E-state index in [1.54, 1.807) is 24.3 Å². The number of phenols is 1. The first-order chi connectivity index (χ1) is 10.8. The van der Waals surface area contributed by atoms with Gasteiger partial charge < -0.3 is 20.1 Å². The molecular formula is C19H29N2O2+. The molecule has 126 valence electrons. The molecule has 4 N–H and O–H groups in total. The Morgan fingerprint density at radius 1 is 1.09 bits per heavy atom. The molecule has 0 amide bonds. The fourth-order valence-electron chi connectivity index (χ4n) is 3.26. The van der Waals surface area contributed by atoms with Crippen LogP contribution in [0, 0.1) is 13.8 Å². The molecule has 0 aliphatic rings. The Bertz CT molecular complexity index is 644. The van der Waals surface area contributed by atoms with Gasteiger partial charge in [-0.2, -0.15) is 0 Å². The van der Waals surface area contributed by atoms with Crippen molar-refractivity contribution in [2.45, 2.75) is 59.4 Å². The number of nitrogens with two attached hydrogens (primary N) is 1. The van der Waals surface area contributed by atoms with Crippen molar-refractivity contribution in [3.05, 3.63) is 52.8 Å². The fraction of sp³-hybridized carbons (Fsp3) is 0.474. The second-order valence-electron chi connectivity index (χ2n) is 6.70. The maximum absolute atomic E-state index is 10.5. The minimum absolute atomic E-state index is 0.0432. The maximum atomic E-state index is 10.5. The standard InChI is InChI=1S/C19H28N2O2/c1-12(2)21-13(3)10-17(15(21)5)11-20-14(4)19(23)16-6-8-18(22)9-7-16/h6-10,12,14,19-20,22-23H,11H2,1-5H3/p+1/t14-,19+/m1/s1. The molecule has 2 aromatic rings. The first-order valence-electron chi connectivity index (χ1n) is 8.29. The van der Waals surface area contributed by atoms with E-state index in [0.717, 1.165) is 12.1 Å². The molecule has 2 atom stereocenters. The van der Waals surface area contributed by atoms with E-state index in [1.165, 1.54) is 17.0 Å². The molecular weight excluding hydrogens is 288 g/mol. The van der Waals surface area contributed by atoms with Gasteiger partial charge in [0, 0.05) is 23.0 Å². The molecule has 0 saturated carbocycles. The average Bonchev–Trinajstić information content (AvgIpc) is 2.79. The molecule has 0 unspecified atom stereocenters. The quantitative estimate of drug-likeness (QED) is 0.767. The minimum atomic E-state index is -0.552. The van der Waals surface area contributed by atoms with Crippen molar-refractivity contribution in [1.29, 1.82) is 0 Å². The zero-order chi connectivity index (χ0) is 17.1. The van der Waals surface area contributed by atoms with Gasteiger partial charge in [-0.1, -0.05) is 12.1 Å². The van der Waals surface area contributed by atoms with Crippen LogP contribution in [0.4, 0.5) is 0 Å². The van der Waals surface area contributed by atoms with Crippen LogP contribution in [0.5, 0.6) is 5.75 Å². The predicted molar refractivity (Wildman–Crippen MR) is 92.4 cm³/mol. The summed E-state index contributed by atoms with van der Waals surface area (Å²) >= 11 is 0. The number of quaternary nitrogens is 1. The minimum Gasteiger partial charge on any atom is -0.508 e. The lowest BCUT2D eigenvalue weighted by Crippen LogP contribution is -2.89. The van der Waals surface area contributed by atoms with Crippen LogP contribution in [0.2, 0.25) is 0 Å². The van der Waals surface area contributed by atoms with Crippen molar-refractivity contribution < 1.29 is 15.5 Å². The number of hydrogen-bond acceptors (Lipinski definition) is 2. The molecule has 0 aliphatic heterocycles. The Morgan fingerprint density at radius 2 is 1.70 bits per heavy atom. The van der Waals surface area contributed by atoms with Gasteiger partial charge in [0.25, 0.3) is 0 Å². The first-order valence-corrected chi connectivity index (χ1v) is 8.29. The van der Waals surface area contributed by atoms with Gasteiger partial charge in [0.1, 0.15) is 24.4 Å². The molecule has 0 bridgehead atoms. The third-order valence-electron chi connectivity index (χ3n) is 4.55. The van der Waals surface area contributed by atoms with Crippen LogP contribution in [0.3, 0.4) is 0 Å². The summed E-state index contributed by atoms with van der Waals surface area (Å²) in [5, 5.41) is 22.0. The van der Waals surface area contributed by atoms with E-state index in [2.05, 4.69) is 43.6 Å². The highest BCUT2D eigenvalue weighted by atomic mass is 16.3. The molecule has 0 saturated heterocycles. The van der Waals surface area contributed by atoms with Gasteiger partial charge in [-0.15, -0.1) is 0 Å². The number of aliphatic hydroxyl groups excluding tert-OH is 1. The average molecular weight is 317 g/mol. The first kappa shape index (κ1) is 17.6. The zero-order valence-corrected chi connectivity index (χ0v) is 14.7. The van der Waals surface area contributed by atoms with Crippen molar-refractivity contribution in [2.24, 2.45) is 0 Å². The molecule has 0 fully saturated rings. The second kappa shape index (κ2) is 7.20. The van der Waals surface area contributed by atoms with Crippen molar-refractivity contribution >= 4 is 0 Å². The summed E-state index contributed by atoms with van der Waals surface area (Å²) in [6.45, 7) is 11.6. The van der Waals surface area contributed by atoms with Gasteiger partial charge in [-0.05, 0) is 58.4 Å². The number of nitrogens with zero attached hydrogens (tertiary/aromatic N) is 1. The van der Waals surface area contributed by atoms with Crippen molar-refractivity contribution in [1.82, 2.24) is 4.57 Å². The highest BCUT2D eigenvalue weighted by Crippen LogP contribution is 2.20. The number of phenolic OH excluding ortho intramolecular Hbond substituents is 1. The van der Waals surface area contributed by atoms with Crippen LogP contribution in [-0.4, -0.2) is 20.8 Å². The normalized spacial score (nSPS) is 14.2. The summed E-state index contributed by atoms with van der Waals surface area (Å²) < 4.78 is 2.35. The lowest BCUT2D eigenvalue weighted by molar-refractivity contribution is -0.709. The molecule has 1 aromatic heterocycles. The molecule has 0 radical (unpaired) electrons. The summed E-state index contributed by atoms with van der Waals surface area (Å²) in [5.41, 5.74) is 4.74. The van der Waals surface area contributed by atoms with Gasteiger partial charge in [0.15, 0.2) is 0 Å². The van der Waals surface area contributed by atoms with E-state index in [-0.39, 0.29) is 11.8 Å². The zero-order valence-electron chi connectivity index (χ0n) is 14.7. The molecule has 4 nitrogen and oxygen atoms in total. The largest absolute Gasteiger partial charge is 0.508 e. The van der Waals surface area contributed by atoms with E-state index < -0.39 is 6.10 Å². The number of aromatic hydroxyl groups is 1. The predicted octanol–water partition coefficient (Wildman–Crippen LogP) is 2.58. The number of rotatable bonds is 6. The molecule has 1 heterocycles. The summed E-state index contributed by atoms with van der Waals surface area (Å²) in [6, 6.07) is 9.52. The Hall–Kier alpha value is -1.78. The van der Waals surface area contributed by atoms with Crippen molar-refractivity contribution in [2.75, 3.05) is 0 Å². The van der Waals surface area contributed by atoms with Gasteiger partial charge in [-0.25, -0.2) is 0 Å². The van der Waals surface area contributed by atoms with Crippen molar-refractivity contribution in [3.63, 3.8) is 0 Å². The van der Waals surface area contributed by atoms with Crippen LogP contribution < -0.4 is 5.32 Å². The maximum Gasteiger partial charge on any atom is 0.130 e. The topological polar surface area (TPSA) is 62.0 Å². The molecule has 4 heteroatoms. The van der Waals surface area contributed by atoms with E-state index in [4.69, 9.17) is 0 Å². The van der Waals surface area contributed by atoms with Crippen LogP contribution in [0.25, 0.3) is 0 Å².